The van der Waals surface area contributed by atoms with Gasteiger partial charge in [-0.15, -0.1) is 0 Å². The Bertz CT molecular complexity index is 643. The number of hydrogen-bond acceptors (Lipinski definition) is 5. The minimum atomic E-state index is -5.02. The molecular formula is C19H31F3N4O4. The van der Waals surface area contributed by atoms with E-state index in [0.717, 1.165) is 0 Å². The molecule has 1 atom stereocenters. The lowest BCUT2D eigenvalue weighted by Gasteiger charge is -2.45. The van der Waals surface area contributed by atoms with Crippen LogP contribution in [0.5, 0.6) is 0 Å². The van der Waals surface area contributed by atoms with E-state index >= 15 is 0 Å². The standard InChI is InChI=1S/C19H31F3N4O4/c1-5-23-15(27)14-12-25(10-11-26(14)16(28)19(20,21)22)13-6-8-24(9-7-13)17(29)30-18(2,3)4/h13-14H,5-12H2,1-4H3,(H,23,27). The maximum atomic E-state index is 13.0. The monoisotopic (exact) mass is 436 g/mol. The summed E-state index contributed by atoms with van der Waals surface area (Å²) in [6, 6.07) is -1.18. The van der Waals surface area contributed by atoms with Gasteiger partial charge >= 0.3 is 18.2 Å². The highest BCUT2D eigenvalue weighted by Crippen LogP contribution is 2.26. The van der Waals surface area contributed by atoms with Gasteiger partial charge in [-0.1, -0.05) is 0 Å². The van der Waals surface area contributed by atoms with Crippen molar-refractivity contribution in [3.05, 3.63) is 0 Å². The van der Waals surface area contributed by atoms with Crippen molar-refractivity contribution in [2.45, 2.75) is 64.4 Å². The van der Waals surface area contributed by atoms with Crippen LogP contribution in [-0.4, -0.2) is 95.7 Å². The number of piperidine rings is 1. The van der Waals surface area contributed by atoms with Gasteiger partial charge in [0.25, 0.3) is 0 Å². The molecule has 2 fully saturated rings. The van der Waals surface area contributed by atoms with Crippen LogP contribution in [0, 0.1) is 0 Å². The Morgan fingerprint density at radius 3 is 2.13 bits per heavy atom. The number of amides is 3. The first-order valence-electron chi connectivity index (χ1n) is 10.2. The molecule has 172 valence electrons. The van der Waals surface area contributed by atoms with Crippen molar-refractivity contribution in [1.82, 2.24) is 20.0 Å². The molecule has 3 amide bonds. The molecule has 0 aliphatic carbocycles. The van der Waals surface area contributed by atoms with Crippen LogP contribution in [0.1, 0.15) is 40.5 Å². The summed E-state index contributed by atoms with van der Waals surface area (Å²) < 4.78 is 44.3. The van der Waals surface area contributed by atoms with E-state index in [1.165, 1.54) is 0 Å². The van der Waals surface area contributed by atoms with Crippen molar-refractivity contribution in [3.8, 4) is 0 Å². The molecular weight excluding hydrogens is 405 g/mol. The Labute approximate surface area is 174 Å². The number of carbonyl (C=O) groups excluding carboxylic acids is 3. The summed E-state index contributed by atoms with van der Waals surface area (Å²) in [5, 5.41) is 2.52. The molecule has 2 aliphatic rings. The van der Waals surface area contributed by atoms with Gasteiger partial charge in [0, 0.05) is 45.3 Å². The zero-order valence-electron chi connectivity index (χ0n) is 17.9. The average Bonchev–Trinajstić information content (AvgIpc) is 2.65. The van der Waals surface area contributed by atoms with Crippen molar-refractivity contribution in [3.63, 3.8) is 0 Å². The molecule has 2 saturated heterocycles. The molecule has 1 N–H and O–H groups in total. The van der Waals surface area contributed by atoms with Gasteiger partial charge in [0.1, 0.15) is 11.6 Å². The normalized spacial score (nSPS) is 22.0. The quantitative estimate of drug-likeness (QED) is 0.727. The molecule has 2 aliphatic heterocycles. The van der Waals surface area contributed by atoms with Crippen LogP contribution in [0.4, 0.5) is 18.0 Å². The van der Waals surface area contributed by atoms with E-state index in [4.69, 9.17) is 4.74 Å². The van der Waals surface area contributed by atoms with Gasteiger partial charge in [-0.2, -0.15) is 13.2 Å². The molecule has 8 nitrogen and oxygen atoms in total. The third-order valence-corrected chi connectivity index (χ3v) is 5.20. The zero-order valence-corrected chi connectivity index (χ0v) is 17.9. The predicted molar refractivity (Wildman–Crippen MR) is 103 cm³/mol. The van der Waals surface area contributed by atoms with E-state index in [0.29, 0.717) is 30.8 Å². The number of ether oxygens (including phenoxy) is 1. The lowest BCUT2D eigenvalue weighted by molar-refractivity contribution is -0.191. The van der Waals surface area contributed by atoms with Crippen LogP contribution in [-0.2, 0) is 14.3 Å². The van der Waals surface area contributed by atoms with Crippen LogP contribution in [0.25, 0.3) is 0 Å². The maximum absolute atomic E-state index is 13.0. The third kappa shape index (κ3) is 6.23. The number of likely N-dealkylation sites (N-methyl/N-ethyl adjacent to an activating group) is 1. The topological polar surface area (TPSA) is 82.2 Å². The number of piperazine rings is 1. The first-order chi connectivity index (χ1) is 13.8. The summed E-state index contributed by atoms with van der Waals surface area (Å²) in [5.74, 6) is -2.58. The Morgan fingerprint density at radius 2 is 1.63 bits per heavy atom. The number of carbonyl (C=O) groups is 3. The smallest absolute Gasteiger partial charge is 0.444 e. The molecule has 11 heteroatoms. The van der Waals surface area contributed by atoms with E-state index in [9.17, 15) is 27.6 Å². The second kappa shape index (κ2) is 9.40. The molecule has 30 heavy (non-hydrogen) atoms. The Morgan fingerprint density at radius 1 is 1.03 bits per heavy atom. The molecule has 0 aromatic heterocycles. The number of alkyl halides is 3. The first-order valence-corrected chi connectivity index (χ1v) is 10.2. The van der Waals surface area contributed by atoms with Crippen molar-refractivity contribution >= 4 is 17.9 Å². The van der Waals surface area contributed by atoms with Crippen molar-refractivity contribution in [2.75, 3.05) is 39.3 Å². The number of nitrogens with one attached hydrogen (secondary N) is 1. The molecule has 2 heterocycles. The average molecular weight is 436 g/mol. The lowest BCUT2D eigenvalue weighted by atomic mass is 10.0. The Balaban J connectivity index is 2.01. The van der Waals surface area contributed by atoms with Crippen molar-refractivity contribution in [2.24, 2.45) is 0 Å². The lowest BCUT2D eigenvalue weighted by Crippen LogP contribution is -2.64. The second-order valence-electron chi connectivity index (χ2n) is 8.60. The van der Waals surface area contributed by atoms with Gasteiger partial charge in [0.05, 0.1) is 0 Å². The third-order valence-electron chi connectivity index (χ3n) is 5.20. The van der Waals surface area contributed by atoms with E-state index in [1.807, 2.05) is 4.90 Å². The first kappa shape index (κ1) is 24.2. The highest BCUT2D eigenvalue weighted by Gasteiger charge is 2.48. The summed E-state index contributed by atoms with van der Waals surface area (Å²) >= 11 is 0. The summed E-state index contributed by atoms with van der Waals surface area (Å²) in [7, 11) is 0. The number of hydrogen-bond donors (Lipinski definition) is 1. The van der Waals surface area contributed by atoms with Crippen LogP contribution in [0.15, 0.2) is 0 Å². The minimum absolute atomic E-state index is 0.0174. The minimum Gasteiger partial charge on any atom is -0.444 e. The molecule has 0 radical (unpaired) electrons. The van der Waals surface area contributed by atoms with E-state index in [2.05, 4.69) is 5.32 Å². The Hall–Kier alpha value is -2.04. The molecule has 0 aromatic carbocycles. The van der Waals surface area contributed by atoms with Crippen molar-refractivity contribution in [1.29, 1.82) is 0 Å². The van der Waals surface area contributed by atoms with Gasteiger partial charge in [-0.3, -0.25) is 14.5 Å². The van der Waals surface area contributed by atoms with Gasteiger partial charge in [-0.25, -0.2) is 4.79 Å². The number of rotatable bonds is 3. The fourth-order valence-electron chi connectivity index (χ4n) is 3.80. The van der Waals surface area contributed by atoms with E-state index < -0.39 is 29.6 Å². The van der Waals surface area contributed by atoms with Gasteiger partial charge < -0.3 is 19.9 Å². The van der Waals surface area contributed by atoms with Crippen LogP contribution >= 0.6 is 0 Å². The molecule has 0 saturated carbocycles. The summed E-state index contributed by atoms with van der Waals surface area (Å²) in [6.07, 6.45) is -4.17. The molecule has 0 bridgehead atoms. The molecule has 0 spiro atoms. The summed E-state index contributed by atoms with van der Waals surface area (Å²) in [4.78, 5) is 40.6. The summed E-state index contributed by atoms with van der Waals surface area (Å²) in [6.45, 7) is 8.34. The molecule has 1 unspecified atom stereocenters. The largest absolute Gasteiger partial charge is 0.471 e. The van der Waals surface area contributed by atoms with Crippen LogP contribution in [0.2, 0.25) is 0 Å². The van der Waals surface area contributed by atoms with Gasteiger partial charge in [-0.05, 0) is 40.5 Å². The highest BCUT2D eigenvalue weighted by atomic mass is 19.4. The van der Waals surface area contributed by atoms with E-state index in [-0.39, 0.29) is 38.3 Å². The molecule has 2 rings (SSSR count). The van der Waals surface area contributed by atoms with Crippen LogP contribution < -0.4 is 5.32 Å². The zero-order chi connectivity index (χ0) is 22.7. The maximum Gasteiger partial charge on any atom is 0.471 e. The summed E-state index contributed by atoms with van der Waals surface area (Å²) in [5.41, 5.74) is -0.588. The highest BCUT2D eigenvalue weighted by molar-refractivity contribution is 5.90. The van der Waals surface area contributed by atoms with Crippen LogP contribution in [0.3, 0.4) is 0 Å². The molecule has 0 aromatic rings. The fourth-order valence-corrected chi connectivity index (χ4v) is 3.80. The number of nitrogens with zero attached hydrogens (tertiary/aromatic N) is 3. The predicted octanol–water partition coefficient (Wildman–Crippen LogP) is 1.60. The van der Waals surface area contributed by atoms with Crippen molar-refractivity contribution < 1.29 is 32.3 Å². The van der Waals surface area contributed by atoms with Gasteiger partial charge in [0.15, 0.2) is 0 Å². The number of halogens is 3. The fraction of sp³-hybridized carbons (Fsp3) is 0.842. The van der Waals surface area contributed by atoms with E-state index in [1.54, 1.807) is 32.6 Å². The van der Waals surface area contributed by atoms with Gasteiger partial charge in [0.2, 0.25) is 5.91 Å². The second-order valence-corrected chi connectivity index (χ2v) is 8.60. The SMILES string of the molecule is CCNC(=O)C1CN(C2CCN(C(=O)OC(C)(C)C)CC2)CCN1C(=O)C(F)(F)F. The number of likely N-dealkylation sites (tertiary alicyclic amines) is 1. The Kier molecular flexibility index (Phi) is 7.59.